The number of rotatable bonds is 6. The van der Waals surface area contributed by atoms with E-state index in [0.717, 1.165) is 18.5 Å². The van der Waals surface area contributed by atoms with Crippen LogP contribution in [-0.4, -0.2) is 54.1 Å². The summed E-state index contributed by atoms with van der Waals surface area (Å²) < 4.78 is 15.7. The van der Waals surface area contributed by atoms with Gasteiger partial charge in [0.05, 0.1) is 24.4 Å². The molecule has 2 atom stereocenters. The van der Waals surface area contributed by atoms with Crippen molar-refractivity contribution in [3.63, 3.8) is 0 Å². The van der Waals surface area contributed by atoms with E-state index in [9.17, 15) is 9.59 Å². The van der Waals surface area contributed by atoms with E-state index < -0.39 is 18.6 Å². The molecule has 0 bridgehead atoms. The Morgan fingerprint density at radius 1 is 1.41 bits per heavy atom. The van der Waals surface area contributed by atoms with Crippen LogP contribution in [-0.2, 0) is 14.3 Å². The number of nitrogens with one attached hydrogen (secondary N) is 1. The van der Waals surface area contributed by atoms with Gasteiger partial charge in [-0.1, -0.05) is 5.16 Å². The Hall–Kier alpha value is -1.93. The van der Waals surface area contributed by atoms with Crippen LogP contribution in [0, 0.1) is 0 Å². The third-order valence-electron chi connectivity index (χ3n) is 3.78. The smallest absolute Gasteiger partial charge is 0.329 e. The number of carboxylic acids is 1. The van der Waals surface area contributed by atoms with Crippen molar-refractivity contribution >= 4 is 11.9 Å². The van der Waals surface area contributed by atoms with Crippen molar-refractivity contribution in [3.8, 4) is 0 Å². The van der Waals surface area contributed by atoms with E-state index in [-0.39, 0.29) is 24.4 Å². The third-order valence-corrected chi connectivity index (χ3v) is 3.78. The summed E-state index contributed by atoms with van der Waals surface area (Å²) in [5, 5.41) is 15.3. The van der Waals surface area contributed by atoms with Gasteiger partial charge in [0.25, 0.3) is 5.91 Å². The number of hydrogen-bond donors (Lipinski definition) is 2. The zero-order chi connectivity index (χ0) is 15.5. The molecular formula is C14H18N2O6. The Morgan fingerprint density at radius 2 is 2.23 bits per heavy atom. The molecule has 1 aliphatic carbocycles. The maximum Gasteiger partial charge on any atom is 0.329 e. The number of carboxylic acid groups (broad SMARTS) is 1. The first-order chi connectivity index (χ1) is 10.6. The highest BCUT2D eigenvalue weighted by Gasteiger charge is 2.31. The zero-order valence-electron chi connectivity index (χ0n) is 12.0. The zero-order valence-corrected chi connectivity index (χ0v) is 12.0. The van der Waals surface area contributed by atoms with Crippen molar-refractivity contribution in [2.45, 2.75) is 37.3 Å². The molecule has 0 unspecified atom stereocenters. The van der Waals surface area contributed by atoms with Crippen LogP contribution in [0.15, 0.2) is 10.6 Å². The van der Waals surface area contributed by atoms with Gasteiger partial charge in [-0.05, 0) is 19.3 Å². The van der Waals surface area contributed by atoms with Crippen LogP contribution in [0.25, 0.3) is 0 Å². The lowest BCUT2D eigenvalue weighted by atomic mass is 10.1. The number of carbonyl (C=O) groups is 2. The van der Waals surface area contributed by atoms with Crippen molar-refractivity contribution in [2.75, 3.05) is 19.8 Å². The second-order valence-corrected chi connectivity index (χ2v) is 5.58. The fraction of sp³-hybridized carbons (Fsp3) is 0.643. The second kappa shape index (κ2) is 6.45. The monoisotopic (exact) mass is 310 g/mol. The predicted octanol–water partition coefficient (Wildman–Crippen LogP) is 0.540. The summed E-state index contributed by atoms with van der Waals surface area (Å²) in [6, 6.07) is 1.25. The Bertz CT molecular complexity index is 553. The standard InChI is InChI=1S/C14H18N2O6/c17-13(18)7-21-11-3-4-20-6-10(11)15-14(19)12-5-9(16-22-12)8-1-2-8/h5,8,10-11H,1-4,6-7H2,(H,15,19)(H,17,18)/t10-,11+/m1/s1. The van der Waals surface area contributed by atoms with Crippen LogP contribution < -0.4 is 5.32 Å². The Balaban J connectivity index is 1.58. The number of hydrogen-bond acceptors (Lipinski definition) is 6. The molecule has 1 saturated carbocycles. The molecule has 1 amide bonds. The Kier molecular flexibility index (Phi) is 4.39. The molecule has 1 aromatic heterocycles. The minimum Gasteiger partial charge on any atom is -0.480 e. The molecule has 1 aliphatic heterocycles. The minimum absolute atomic E-state index is 0.157. The molecule has 2 N–H and O–H groups in total. The maximum atomic E-state index is 12.2. The molecule has 8 nitrogen and oxygen atoms in total. The summed E-state index contributed by atoms with van der Waals surface area (Å²) in [6.07, 6.45) is 2.30. The van der Waals surface area contributed by atoms with Crippen LogP contribution in [0.5, 0.6) is 0 Å². The number of ether oxygens (including phenoxy) is 2. The van der Waals surface area contributed by atoms with E-state index in [0.29, 0.717) is 18.9 Å². The van der Waals surface area contributed by atoms with E-state index in [2.05, 4.69) is 10.5 Å². The first-order valence-corrected chi connectivity index (χ1v) is 7.32. The quantitative estimate of drug-likeness (QED) is 0.788. The van der Waals surface area contributed by atoms with Gasteiger partial charge in [0.1, 0.15) is 6.61 Å². The molecule has 0 aromatic carbocycles. The van der Waals surface area contributed by atoms with Crippen molar-refractivity contribution in [1.82, 2.24) is 10.5 Å². The van der Waals surface area contributed by atoms with E-state index in [1.54, 1.807) is 6.07 Å². The fourth-order valence-corrected chi connectivity index (χ4v) is 2.44. The Labute approximate surface area is 126 Å². The van der Waals surface area contributed by atoms with Crippen LogP contribution >= 0.6 is 0 Å². The first-order valence-electron chi connectivity index (χ1n) is 7.32. The normalized spacial score (nSPS) is 24.9. The summed E-state index contributed by atoms with van der Waals surface area (Å²) in [6.45, 7) is 0.357. The van der Waals surface area contributed by atoms with Crippen molar-refractivity contribution in [3.05, 3.63) is 17.5 Å². The molecule has 22 heavy (non-hydrogen) atoms. The van der Waals surface area contributed by atoms with Gasteiger partial charge < -0.3 is 24.4 Å². The highest BCUT2D eigenvalue weighted by Crippen LogP contribution is 2.39. The van der Waals surface area contributed by atoms with E-state index in [1.807, 2.05) is 0 Å². The van der Waals surface area contributed by atoms with Crippen molar-refractivity contribution in [1.29, 1.82) is 0 Å². The summed E-state index contributed by atoms with van der Waals surface area (Å²) >= 11 is 0. The average molecular weight is 310 g/mol. The van der Waals surface area contributed by atoms with Crippen LogP contribution in [0.2, 0.25) is 0 Å². The highest BCUT2D eigenvalue weighted by molar-refractivity contribution is 5.91. The number of aliphatic carboxylic acids is 1. The van der Waals surface area contributed by atoms with Crippen molar-refractivity contribution in [2.24, 2.45) is 0 Å². The number of aromatic nitrogens is 1. The lowest BCUT2D eigenvalue weighted by Crippen LogP contribution is -2.50. The van der Waals surface area contributed by atoms with Crippen LogP contribution in [0.1, 0.15) is 41.4 Å². The van der Waals surface area contributed by atoms with E-state index in [4.69, 9.17) is 19.1 Å². The highest BCUT2D eigenvalue weighted by atomic mass is 16.5. The van der Waals surface area contributed by atoms with Gasteiger partial charge in [0.15, 0.2) is 0 Å². The van der Waals surface area contributed by atoms with Gasteiger partial charge in [-0.25, -0.2) is 4.79 Å². The van der Waals surface area contributed by atoms with Gasteiger partial charge in [-0.15, -0.1) is 0 Å². The van der Waals surface area contributed by atoms with Gasteiger partial charge in [0, 0.05) is 18.6 Å². The minimum atomic E-state index is -1.04. The van der Waals surface area contributed by atoms with Gasteiger partial charge in [-0.3, -0.25) is 4.79 Å². The largest absolute Gasteiger partial charge is 0.480 e. The predicted molar refractivity (Wildman–Crippen MR) is 72.5 cm³/mol. The number of amides is 1. The summed E-state index contributed by atoms with van der Waals surface area (Å²) in [7, 11) is 0. The second-order valence-electron chi connectivity index (χ2n) is 5.58. The van der Waals surface area contributed by atoms with Gasteiger partial charge in [0.2, 0.25) is 5.76 Å². The fourth-order valence-electron chi connectivity index (χ4n) is 2.44. The lowest BCUT2D eigenvalue weighted by Gasteiger charge is -2.31. The Morgan fingerprint density at radius 3 is 2.95 bits per heavy atom. The summed E-state index contributed by atoms with van der Waals surface area (Å²) in [5.41, 5.74) is 0.809. The lowest BCUT2D eigenvalue weighted by molar-refractivity contribution is -0.147. The molecule has 2 aliphatic rings. The molecule has 2 fully saturated rings. The molecule has 0 radical (unpaired) electrons. The van der Waals surface area contributed by atoms with Crippen LogP contribution in [0.3, 0.4) is 0 Å². The average Bonchev–Trinajstić information content (AvgIpc) is 3.23. The first kappa shape index (κ1) is 15.0. The van der Waals surface area contributed by atoms with Crippen LogP contribution in [0.4, 0.5) is 0 Å². The maximum absolute atomic E-state index is 12.2. The van der Waals surface area contributed by atoms with E-state index >= 15 is 0 Å². The molecule has 8 heteroatoms. The SMILES string of the molecule is O=C(O)CO[C@H]1CCOC[C@H]1NC(=O)c1cc(C2CC2)no1. The molecule has 120 valence electrons. The molecular weight excluding hydrogens is 292 g/mol. The van der Waals surface area contributed by atoms with Crippen molar-refractivity contribution < 1.29 is 28.7 Å². The molecule has 1 aromatic rings. The summed E-state index contributed by atoms with van der Waals surface area (Å²) in [5.74, 6) is -0.862. The molecule has 2 heterocycles. The molecule has 1 saturated heterocycles. The molecule has 0 spiro atoms. The van der Waals surface area contributed by atoms with E-state index in [1.165, 1.54) is 0 Å². The number of nitrogens with zero attached hydrogens (tertiary/aromatic N) is 1. The van der Waals surface area contributed by atoms with Gasteiger partial charge >= 0.3 is 5.97 Å². The van der Waals surface area contributed by atoms with Gasteiger partial charge in [-0.2, -0.15) is 0 Å². The number of carbonyl (C=O) groups excluding carboxylic acids is 1. The summed E-state index contributed by atoms with van der Waals surface area (Å²) in [4.78, 5) is 22.8. The molecule has 3 rings (SSSR count). The topological polar surface area (TPSA) is 111 Å². The third kappa shape index (κ3) is 3.63.